The van der Waals surface area contributed by atoms with E-state index in [1.165, 1.54) is 11.3 Å². The molecule has 2 rings (SSSR count). The van der Waals surface area contributed by atoms with Crippen LogP contribution in [-0.2, 0) is 13.1 Å². The van der Waals surface area contributed by atoms with Crippen LogP contribution in [0.5, 0.6) is 5.75 Å². The molecule has 5 nitrogen and oxygen atoms in total. The van der Waals surface area contributed by atoms with Gasteiger partial charge < -0.3 is 4.74 Å². The largest absolute Gasteiger partial charge is 0.496 e. The summed E-state index contributed by atoms with van der Waals surface area (Å²) in [7, 11) is 3.71. The first kappa shape index (κ1) is 15.5. The second-order valence-electron chi connectivity index (χ2n) is 4.72. The van der Waals surface area contributed by atoms with Gasteiger partial charge in [-0.25, -0.2) is 5.84 Å². The highest BCUT2D eigenvalue weighted by molar-refractivity contribution is 7.14. The van der Waals surface area contributed by atoms with Crippen molar-refractivity contribution in [2.24, 2.45) is 5.84 Å². The van der Waals surface area contributed by atoms with Crippen LogP contribution in [0.3, 0.4) is 0 Å². The number of rotatable bonds is 6. The molecule has 0 radical (unpaired) electrons. The van der Waals surface area contributed by atoms with Crippen LogP contribution in [0.25, 0.3) is 0 Å². The summed E-state index contributed by atoms with van der Waals surface area (Å²) in [5.74, 6) is 5.77. The maximum absolute atomic E-state index is 11.4. The summed E-state index contributed by atoms with van der Waals surface area (Å²) in [5, 5.41) is 0. The molecule has 1 amide bonds. The quantitative estimate of drug-likeness (QED) is 0.486. The lowest BCUT2D eigenvalue weighted by Gasteiger charge is -2.17. The van der Waals surface area contributed by atoms with Crippen LogP contribution in [-0.4, -0.2) is 25.0 Å². The average molecular weight is 305 g/mol. The van der Waals surface area contributed by atoms with Gasteiger partial charge in [-0.2, -0.15) is 0 Å². The number of carbonyl (C=O) groups is 1. The number of amides is 1. The molecule has 0 fully saturated rings. The van der Waals surface area contributed by atoms with Crippen LogP contribution >= 0.6 is 11.3 Å². The Balaban J connectivity index is 2.00. The van der Waals surface area contributed by atoms with Gasteiger partial charge >= 0.3 is 0 Å². The smallest absolute Gasteiger partial charge is 0.275 e. The van der Waals surface area contributed by atoms with E-state index in [2.05, 4.69) is 16.4 Å². The molecular formula is C15H19N3O2S. The first-order valence-electron chi connectivity index (χ1n) is 6.54. The number of methoxy groups -OCH3 is 1. The standard InChI is InChI=1S/C15H19N3O2S/c1-18(9-11-5-3-4-6-13(11)20-2)10-12-7-8-14(21-12)15(19)17-16/h3-8H,9-10,16H2,1-2H3,(H,17,19). The summed E-state index contributed by atoms with van der Waals surface area (Å²) >= 11 is 1.45. The molecule has 1 heterocycles. The summed E-state index contributed by atoms with van der Waals surface area (Å²) in [6.45, 7) is 1.54. The molecule has 0 saturated carbocycles. The van der Waals surface area contributed by atoms with Crippen LogP contribution in [0, 0.1) is 0 Å². The molecule has 1 aromatic carbocycles. The minimum absolute atomic E-state index is 0.251. The van der Waals surface area contributed by atoms with Gasteiger partial charge in [-0.05, 0) is 25.2 Å². The Bertz CT molecular complexity index is 612. The fourth-order valence-corrected chi connectivity index (χ4v) is 3.09. The van der Waals surface area contributed by atoms with E-state index < -0.39 is 0 Å². The first-order valence-corrected chi connectivity index (χ1v) is 7.35. The van der Waals surface area contributed by atoms with Crippen molar-refractivity contribution in [2.75, 3.05) is 14.2 Å². The fraction of sp³-hybridized carbons (Fsp3) is 0.267. The van der Waals surface area contributed by atoms with Gasteiger partial charge in [0, 0.05) is 23.5 Å². The molecule has 1 aromatic heterocycles. The Morgan fingerprint density at radius 1 is 1.29 bits per heavy atom. The maximum Gasteiger partial charge on any atom is 0.275 e. The zero-order valence-electron chi connectivity index (χ0n) is 12.1. The highest BCUT2D eigenvalue weighted by Crippen LogP contribution is 2.22. The minimum atomic E-state index is -0.251. The van der Waals surface area contributed by atoms with E-state index in [1.54, 1.807) is 13.2 Å². The van der Waals surface area contributed by atoms with E-state index in [-0.39, 0.29) is 5.91 Å². The highest BCUT2D eigenvalue weighted by Gasteiger charge is 2.10. The summed E-state index contributed by atoms with van der Waals surface area (Å²) < 4.78 is 5.36. The minimum Gasteiger partial charge on any atom is -0.496 e. The number of benzene rings is 1. The fourth-order valence-electron chi connectivity index (χ4n) is 2.10. The number of nitrogen functional groups attached to an aromatic ring is 1. The molecule has 0 saturated heterocycles. The van der Waals surface area contributed by atoms with Gasteiger partial charge in [0.1, 0.15) is 5.75 Å². The first-order chi connectivity index (χ1) is 10.1. The van der Waals surface area contributed by atoms with Crippen molar-refractivity contribution in [2.45, 2.75) is 13.1 Å². The summed E-state index contributed by atoms with van der Waals surface area (Å²) in [4.78, 5) is 15.3. The van der Waals surface area contributed by atoms with Gasteiger partial charge in [-0.15, -0.1) is 11.3 Å². The number of ether oxygens (including phenoxy) is 1. The van der Waals surface area contributed by atoms with Gasteiger partial charge in [-0.3, -0.25) is 15.1 Å². The number of para-hydroxylation sites is 1. The summed E-state index contributed by atoms with van der Waals surface area (Å²) in [6.07, 6.45) is 0. The Morgan fingerprint density at radius 2 is 2.05 bits per heavy atom. The van der Waals surface area contributed by atoms with Crippen LogP contribution < -0.4 is 16.0 Å². The third-order valence-electron chi connectivity index (χ3n) is 3.08. The molecule has 0 spiro atoms. The molecule has 0 bridgehead atoms. The van der Waals surface area contributed by atoms with E-state index in [0.29, 0.717) is 4.88 Å². The van der Waals surface area contributed by atoms with Crippen LogP contribution in [0.15, 0.2) is 36.4 Å². The monoisotopic (exact) mass is 305 g/mol. The molecule has 0 aliphatic carbocycles. The number of nitrogens with two attached hydrogens (primary N) is 1. The van der Waals surface area contributed by atoms with Gasteiger partial charge in [0.25, 0.3) is 5.91 Å². The second-order valence-corrected chi connectivity index (χ2v) is 5.89. The van der Waals surface area contributed by atoms with Crippen molar-refractivity contribution in [3.63, 3.8) is 0 Å². The van der Waals surface area contributed by atoms with E-state index in [9.17, 15) is 4.79 Å². The van der Waals surface area contributed by atoms with Gasteiger partial charge in [0.2, 0.25) is 0 Å². The summed E-state index contributed by atoms with van der Waals surface area (Å²) in [5.41, 5.74) is 3.28. The molecule has 21 heavy (non-hydrogen) atoms. The topological polar surface area (TPSA) is 67.6 Å². The normalized spacial score (nSPS) is 10.7. The Morgan fingerprint density at radius 3 is 2.76 bits per heavy atom. The zero-order valence-corrected chi connectivity index (χ0v) is 12.9. The molecule has 2 aromatic rings. The molecule has 112 valence electrons. The number of hydrogen-bond donors (Lipinski definition) is 2. The molecule has 6 heteroatoms. The lowest BCUT2D eigenvalue weighted by atomic mass is 10.2. The number of thiophene rings is 1. The van der Waals surface area contributed by atoms with E-state index >= 15 is 0 Å². The van der Waals surface area contributed by atoms with Crippen molar-refractivity contribution in [1.82, 2.24) is 10.3 Å². The number of nitrogens with one attached hydrogen (secondary N) is 1. The van der Waals surface area contributed by atoms with Crippen LogP contribution in [0.2, 0.25) is 0 Å². The van der Waals surface area contributed by atoms with E-state index in [1.807, 2.05) is 31.3 Å². The van der Waals surface area contributed by atoms with Crippen molar-refractivity contribution in [3.8, 4) is 5.75 Å². The predicted molar refractivity (Wildman–Crippen MR) is 84.1 cm³/mol. The number of hydrazine groups is 1. The van der Waals surface area contributed by atoms with Crippen LogP contribution in [0.4, 0.5) is 0 Å². The molecule has 0 aliphatic rings. The number of nitrogens with zero attached hydrogens (tertiary/aromatic N) is 1. The predicted octanol–water partition coefficient (Wildman–Crippen LogP) is 1.99. The highest BCUT2D eigenvalue weighted by atomic mass is 32.1. The summed E-state index contributed by atoms with van der Waals surface area (Å²) in [6, 6.07) is 11.7. The van der Waals surface area contributed by atoms with Crippen LogP contribution in [0.1, 0.15) is 20.1 Å². The molecule has 0 aliphatic heterocycles. The maximum atomic E-state index is 11.4. The number of hydrogen-bond acceptors (Lipinski definition) is 5. The third kappa shape index (κ3) is 4.04. The molecule has 0 unspecified atom stereocenters. The Kier molecular flexibility index (Phi) is 5.32. The SMILES string of the molecule is COc1ccccc1CN(C)Cc1ccc(C(=O)NN)s1. The molecule has 0 atom stereocenters. The molecule has 3 N–H and O–H groups in total. The third-order valence-corrected chi connectivity index (χ3v) is 4.14. The van der Waals surface area contributed by atoms with Crippen molar-refractivity contribution in [3.05, 3.63) is 51.7 Å². The van der Waals surface area contributed by atoms with Crippen molar-refractivity contribution < 1.29 is 9.53 Å². The Hall–Kier alpha value is -1.89. The average Bonchev–Trinajstić information content (AvgIpc) is 2.95. The van der Waals surface area contributed by atoms with E-state index in [4.69, 9.17) is 10.6 Å². The van der Waals surface area contributed by atoms with Gasteiger partial charge in [-0.1, -0.05) is 18.2 Å². The molecular weight excluding hydrogens is 286 g/mol. The Labute approximate surface area is 128 Å². The zero-order chi connectivity index (χ0) is 15.2. The van der Waals surface area contributed by atoms with E-state index in [0.717, 1.165) is 29.3 Å². The second kappa shape index (κ2) is 7.21. The lowest BCUT2D eigenvalue weighted by molar-refractivity contribution is 0.0957. The van der Waals surface area contributed by atoms with Gasteiger partial charge in [0.15, 0.2) is 0 Å². The van der Waals surface area contributed by atoms with Crippen molar-refractivity contribution in [1.29, 1.82) is 0 Å². The van der Waals surface area contributed by atoms with Crippen molar-refractivity contribution >= 4 is 17.2 Å². The lowest BCUT2D eigenvalue weighted by Crippen LogP contribution is -2.29. The number of carbonyl (C=O) groups excluding carboxylic acids is 1. The van der Waals surface area contributed by atoms with Gasteiger partial charge in [0.05, 0.1) is 12.0 Å².